The molecule has 3 nitrogen and oxygen atoms in total. The van der Waals surface area contributed by atoms with Crippen molar-refractivity contribution in [3.05, 3.63) is 0 Å². The van der Waals surface area contributed by atoms with Crippen LogP contribution in [-0.2, 0) is 9.53 Å². The molecule has 0 fully saturated rings. The van der Waals surface area contributed by atoms with Crippen molar-refractivity contribution in [2.75, 3.05) is 6.54 Å². The monoisotopic (exact) mass is 383 g/mol. The average Bonchev–Trinajstić information content (AvgIpc) is 2.63. The van der Waals surface area contributed by atoms with Gasteiger partial charge in [0.2, 0.25) is 0 Å². The van der Waals surface area contributed by atoms with Crippen molar-refractivity contribution in [3.8, 4) is 0 Å². The van der Waals surface area contributed by atoms with Gasteiger partial charge in [0, 0.05) is 0 Å². The summed E-state index contributed by atoms with van der Waals surface area (Å²) in [4.78, 5) is 11.7. The van der Waals surface area contributed by atoms with E-state index in [1.807, 2.05) is 20.8 Å². The second-order valence-corrected chi connectivity index (χ2v) is 8.46. The van der Waals surface area contributed by atoms with Crippen LogP contribution in [0.4, 0.5) is 0 Å². The average molecular weight is 384 g/mol. The van der Waals surface area contributed by atoms with Gasteiger partial charge in [-0.25, -0.2) is 0 Å². The fourth-order valence-electron chi connectivity index (χ4n) is 3.41. The predicted molar refractivity (Wildman–Crippen MR) is 118 cm³/mol. The van der Waals surface area contributed by atoms with Crippen LogP contribution < -0.4 is 5.32 Å². The van der Waals surface area contributed by atoms with Gasteiger partial charge in [0.15, 0.2) is 0 Å². The summed E-state index contributed by atoms with van der Waals surface area (Å²) in [7, 11) is 0. The molecule has 0 saturated carbocycles. The van der Waals surface area contributed by atoms with Crippen molar-refractivity contribution in [2.24, 2.45) is 0 Å². The van der Waals surface area contributed by atoms with Crippen molar-refractivity contribution in [1.82, 2.24) is 5.32 Å². The summed E-state index contributed by atoms with van der Waals surface area (Å²) in [5.74, 6) is -0.138. The van der Waals surface area contributed by atoms with Crippen molar-refractivity contribution >= 4 is 5.97 Å². The summed E-state index contributed by atoms with van der Waals surface area (Å²) >= 11 is 0. The number of nitrogens with one attached hydrogen (secondary N) is 1. The molecule has 0 rings (SSSR count). The van der Waals surface area contributed by atoms with Gasteiger partial charge in [-0.3, -0.25) is 4.79 Å². The number of esters is 1. The molecule has 1 N–H and O–H groups in total. The second-order valence-electron chi connectivity index (χ2n) is 8.46. The van der Waals surface area contributed by atoms with Gasteiger partial charge in [0.25, 0.3) is 0 Å². The van der Waals surface area contributed by atoms with Crippen LogP contribution in [0, 0.1) is 0 Å². The summed E-state index contributed by atoms with van der Waals surface area (Å²) < 4.78 is 5.19. The first-order valence-electron chi connectivity index (χ1n) is 12.0. The molecule has 0 amide bonds. The Kier molecular flexibility index (Phi) is 19.7. The minimum Gasteiger partial charge on any atom is -0.462 e. The number of carbonyl (C=O) groups excluding carboxylic acids is 1. The standard InChI is InChI=1S/C24H49NO2/c1-5-6-7-8-9-10-11-12-13-14-15-16-17-18-19-20-21-25-23(4)24(26)27-22(2)3/h22-23,25H,5-21H2,1-4H3/t23-/m0/s1. The Morgan fingerprint density at radius 1 is 0.667 bits per heavy atom. The highest BCUT2D eigenvalue weighted by Gasteiger charge is 2.14. The van der Waals surface area contributed by atoms with Crippen LogP contribution in [0.2, 0.25) is 0 Å². The van der Waals surface area contributed by atoms with E-state index in [1.165, 1.54) is 96.3 Å². The first-order chi connectivity index (χ1) is 13.1. The molecule has 0 spiro atoms. The SMILES string of the molecule is CCCCCCCCCCCCCCCCCCN[C@@H](C)C(=O)OC(C)C. The van der Waals surface area contributed by atoms with Gasteiger partial charge in [0.1, 0.15) is 6.04 Å². The molecule has 0 bridgehead atoms. The second kappa shape index (κ2) is 20.2. The summed E-state index contributed by atoms with van der Waals surface area (Å²) in [6.07, 6.45) is 22.2. The molecule has 0 aromatic carbocycles. The lowest BCUT2D eigenvalue weighted by atomic mass is 10.0. The molecule has 0 aliphatic rings. The third kappa shape index (κ3) is 20.0. The van der Waals surface area contributed by atoms with Crippen molar-refractivity contribution < 1.29 is 9.53 Å². The van der Waals surface area contributed by atoms with E-state index < -0.39 is 0 Å². The fourth-order valence-corrected chi connectivity index (χ4v) is 3.41. The molecule has 0 aromatic rings. The number of ether oxygens (including phenoxy) is 1. The van der Waals surface area contributed by atoms with Gasteiger partial charge < -0.3 is 10.1 Å². The highest BCUT2D eigenvalue weighted by Crippen LogP contribution is 2.13. The van der Waals surface area contributed by atoms with E-state index in [0.717, 1.165) is 13.0 Å². The zero-order valence-electron chi connectivity index (χ0n) is 19.0. The fraction of sp³-hybridized carbons (Fsp3) is 0.958. The van der Waals surface area contributed by atoms with E-state index in [-0.39, 0.29) is 18.1 Å². The van der Waals surface area contributed by atoms with Crippen molar-refractivity contribution in [2.45, 2.75) is 143 Å². The summed E-state index contributed by atoms with van der Waals surface area (Å²) in [5.41, 5.74) is 0. The quantitative estimate of drug-likeness (QED) is 0.179. The van der Waals surface area contributed by atoms with E-state index in [2.05, 4.69) is 12.2 Å². The summed E-state index contributed by atoms with van der Waals surface area (Å²) in [6, 6.07) is -0.191. The number of carbonyl (C=O) groups is 1. The Hall–Kier alpha value is -0.570. The van der Waals surface area contributed by atoms with Crippen LogP contribution in [0.25, 0.3) is 0 Å². The predicted octanol–water partition coefficient (Wildman–Crippen LogP) is 7.18. The van der Waals surface area contributed by atoms with Gasteiger partial charge in [0.05, 0.1) is 6.10 Å². The Labute approximate surface area is 170 Å². The minimum absolute atomic E-state index is 0.0303. The molecule has 0 radical (unpaired) electrons. The molecule has 3 heteroatoms. The number of hydrogen-bond donors (Lipinski definition) is 1. The maximum absolute atomic E-state index is 11.7. The van der Waals surface area contributed by atoms with Gasteiger partial charge in [-0.2, -0.15) is 0 Å². The highest BCUT2D eigenvalue weighted by atomic mass is 16.5. The number of unbranched alkanes of at least 4 members (excludes halogenated alkanes) is 15. The Morgan fingerprint density at radius 3 is 1.41 bits per heavy atom. The number of hydrogen-bond acceptors (Lipinski definition) is 3. The van der Waals surface area contributed by atoms with Crippen LogP contribution >= 0.6 is 0 Å². The van der Waals surface area contributed by atoms with Crippen LogP contribution in [0.5, 0.6) is 0 Å². The lowest BCUT2D eigenvalue weighted by Gasteiger charge is -2.15. The van der Waals surface area contributed by atoms with E-state index in [4.69, 9.17) is 4.74 Å². The maximum atomic E-state index is 11.7. The Morgan fingerprint density at radius 2 is 1.04 bits per heavy atom. The van der Waals surface area contributed by atoms with Crippen molar-refractivity contribution in [3.63, 3.8) is 0 Å². The van der Waals surface area contributed by atoms with Crippen LogP contribution in [-0.4, -0.2) is 24.7 Å². The summed E-state index contributed by atoms with van der Waals surface area (Å²) in [6.45, 7) is 8.86. The van der Waals surface area contributed by atoms with Crippen LogP contribution in [0.15, 0.2) is 0 Å². The van der Waals surface area contributed by atoms with Gasteiger partial charge in [-0.15, -0.1) is 0 Å². The molecule has 1 atom stereocenters. The van der Waals surface area contributed by atoms with Gasteiger partial charge in [-0.1, -0.05) is 103 Å². The van der Waals surface area contributed by atoms with E-state index in [0.29, 0.717) is 0 Å². The largest absolute Gasteiger partial charge is 0.462 e. The maximum Gasteiger partial charge on any atom is 0.323 e. The molecule has 162 valence electrons. The molecule has 0 heterocycles. The molecule has 0 aliphatic heterocycles. The van der Waals surface area contributed by atoms with Crippen LogP contribution in [0.3, 0.4) is 0 Å². The smallest absolute Gasteiger partial charge is 0.323 e. The Bertz CT molecular complexity index is 318. The lowest BCUT2D eigenvalue weighted by molar-refractivity contribution is -0.149. The Balaban J connectivity index is 3.18. The van der Waals surface area contributed by atoms with E-state index in [1.54, 1.807) is 0 Å². The van der Waals surface area contributed by atoms with Crippen LogP contribution in [0.1, 0.15) is 130 Å². The minimum atomic E-state index is -0.191. The zero-order chi connectivity index (χ0) is 20.2. The normalized spacial score (nSPS) is 12.5. The zero-order valence-corrected chi connectivity index (χ0v) is 19.0. The number of rotatable bonds is 20. The molecule has 0 unspecified atom stereocenters. The van der Waals surface area contributed by atoms with E-state index in [9.17, 15) is 4.79 Å². The molecular weight excluding hydrogens is 334 g/mol. The first-order valence-corrected chi connectivity index (χ1v) is 12.0. The molecule has 0 aliphatic carbocycles. The van der Waals surface area contributed by atoms with Gasteiger partial charge in [-0.05, 0) is 33.7 Å². The van der Waals surface area contributed by atoms with Gasteiger partial charge >= 0.3 is 5.97 Å². The topological polar surface area (TPSA) is 38.3 Å². The lowest BCUT2D eigenvalue weighted by Crippen LogP contribution is -2.37. The molecule has 27 heavy (non-hydrogen) atoms. The molecular formula is C24H49NO2. The van der Waals surface area contributed by atoms with E-state index >= 15 is 0 Å². The third-order valence-electron chi connectivity index (χ3n) is 5.19. The van der Waals surface area contributed by atoms with Crippen molar-refractivity contribution in [1.29, 1.82) is 0 Å². The first kappa shape index (κ1) is 26.4. The highest BCUT2D eigenvalue weighted by molar-refractivity contribution is 5.75. The molecule has 0 aromatic heterocycles. The third-order valence-corrected chi connectivity index (χ3v) is 5.19. The summed E-state index contributed by atoms with van der Waals surface area (Å²) in [5, 5.41) is 3.26. The molecule has 0 saturated heterocycles.